The van der Waals surface area contributed by atoms with Gasteiger partial charge in [-0.25, -0.2) is 12.8 Å². The van der Waals surface area contributed by atoms with Gasteiger partial charge in [0.25, 0.3) is 0 Å². The molecule has 0 atom stereocenters. The average Bonchev–Trinajstić information content (AvgIpc) is 2.63. The third kappa shape index (κ3) is 5.79. The van der Waals surface area contributed by atoms with Crippen LogP contribution in [0.5, 0.6) is 0 Å². The Morgan fingerprint density at radius 3 is 2.52 bits per heavy atom. The summed E-state index contributed by atoms with van der Waals surface area (Å²) in [6, 6.07) is 14.6. The highest BCUT2D eigenvalue weighted by molar-refractivity contribution is 7.92. The molecule has 2 aromatic carbocycles. The third-order valence-corrected chi connectivity index (χ3v) is 5.09. The Bertz CT molecular complexity index is 955. The Labute approximate surface area is 158 Å². The number of amides is 1. The van der Waals surface area contributed by atoms with E-state index in [9.17, 15) is 22.9 Å². The summed E-state index contributed by atoms with van der Waals surface area (Å²) in [6.07, 6.45) is 1.28. The van der Waals surface area contributed by atoms with Gasteiger partial charge in [-0.15, -0.1) is 0 Å². The summed E-state index contributed by atoms with van der Waals surface area (Å²) in [5, 5.41) is 11.8. The molecule has 1 amide bonds. The standard InChI is InChI=1S/C19H20FN3O3S/c1-27(25,26)23(18-9-5-3-7-16(18)14-21)13-11-19(24)22-12-10-15-6-2-4-8-17(15)20/h2-9H,10-13H2,1H3,(H,22,24). The van der Waals surface area contributed by atoms with Crippen LogP contribution in [-0.4, -0.2) is 33.7 Å². The summed E-state index contributed by atoms with van der Waals surface area (Å²) in [5.74, 6) is -0.683. The molecule has 0 saturated carbocycles. The van der Waals surface area contributed by atoms with Crippen LogP contribution in [0.4, 0.5) is 10.1 Å². The molecule has 2 aromatic rings. The van der Waals surface area contributed by atoms with E-state index in [0.29, 0.717) is 12.0 Å². The van der Waals surface area contributed by atoms with Gasteiger partial charge in [-0.05, 0) is 30.2 Å². The van der Waals surface area contributed by atoms with Gasteiger partial charge in [0.15, 0.2) is 0 Å². The molecule has 0 aromatic heterocycles. The third-order valence-electron chi connectivity index (χ3n) is 3.91. The second-order valence-electron chi connectivity index (χ2n) is 5.91. The van der Waals surface area contributed by atoms with E-state index in [0.717, 1.165) is 10.6 Å². The molecule has 0 unspecified atom stereocenters. The van der Waals surface area contributed by atoms with Gasteiger partial charge in [0.05, 0.1) is 17.5 Å². The molecule has 0 aliphatic heterocycles. The highest BCUT2D eigenvalue weighted by atomic mass is 32.2. The number of sulfonamides is 1. The Hall–Kier alpha value is -2.92. The van der Waals surface area contributed by atoms with Crippen LogP contribution in [0, 0.1) is 17.1 Å². The molecule has 0 radical (unpaired) electrons. The molecule has 0 bridgehead atoms. The van der Waals surface area contributed by atoms with Crippen LogP contribution in [0.3, 0.4) is 0 Å². The van der Waals surface area contributed by atoms with Crippen LogP contribution in [0.2, 0.25) is 0 Å². The molecule has 0 aliphatic carbocycles. The maximum absolute atomic E-state index is 13.5. The molecule has 0 fully saturated rings. The van der Waals surface area contributed by atoms with Crippen molar-refractivity contribution in [2.75, 3.05) is 23.7 Å². The van der Waals surface area contributed by atoms with Crippen molar-refractivity contribution < 1.29 is 17.6 Å². The van der Waals surface area contributed by atoms with Crippen LogP contribution in [-0.2, 0) is 21.2 Å². The van der Waals surface area contributed by atoms with Crippen LogP contribution >= 0.6 is 0 Å². The first-order chi connectivity index (χ1) is 12.8. The minimum absolute atomic E-state index is 0.0793. The van der Waals surface area contributed by atoms with E-state index in [1.165, 1.54) is 18.2 Å². The fourth-order valence-corrected chi connectivity index (χ4v) is 3.52. The summed E-state index contributed by atoms with van der Waals surface area (Å²) in [5.41, 5.74) is 0.947. The highest BCUT2D eigenvalue weighted by Crippen LogP contribution is 2.22. The number of carbonyl (C=O) groups excluding carboxylic acids is 1. The van der Waals surface area contributed by atoms with E-state index in [1.54, 1.807) is 30.3 Å². The fourth-order valence-electron chi connectivity index (χ4n) is 2.58. The van der Waals surface area contributed by atoms with Crippen molar-refractivity contribution in [1.82, 2.24) is 5.32 Å². The molecule has 6 nitrogen and oxygen atoms in total. The number of halogens is 1. The smallest absolute Gasteiger partial charge is 0.232 e. The minimum Gasteiger partial charge on any atom is -0.356 e. The van der Waals surface area contributed by atoms with E-state index >= 15 is 0 Å². The molecule has 0 heterocycles. The van der Waals surface area contributed by atoms with Gasteiger partial charge in [0, 0.05) is 19.5 Å². The van der Waals surface area contributed by atoms with Crippen molar-refractivity contribution in [3.05, 3.63) is 65.5 Å². The maximum atomic E-state index is 13.5. The Morgan fingerprint density at radius 2 is 1.85 bits per heavy atom. The van der Waals surface area contributed by atoms with Crippen molar-refractivity contribution in [2.45, 2.75) is 12.8 Å². The summed E-state index contributed by atoms with van der Waals surface area (Å²) < 4.78 is 38.8. The zero-order valence-corrected chi connectivity index (χ0v) is 15.7. The van der Waals surface area contributed by atoms with Crippen molar-refractivity contribution in [3.8, 4) is 6.07 Å². The molecule has 8 heteroatoms. The predicted molar refractivity (Wildman–Crippen MR) is 101 cm³/mol. The first kappa shape index (κ1) is 20.4. The van der Waals surface area contributed by atoms with Gasteiger partial charge >= 0.3 is 0 Å². The topological polar surface area (TPSA) is 90.3 Å². The van der Waals surface area contributed by atoms with Crippen LogP contribution < -0.4 is 9.62 Å². The molecular weight excluding hydrogens is 369 g/mol. The zero-order valence-electron chi connectivity index (χ0n) is 14.9. The predicted octanol–water partition coefficient (Wildman–Crippen LogP) is 2.21. The van der Waals surface area contributed by atoms with Crippen LogP contribution in [0.25, 0.3) is 0 Å². The molecule has 0 spiro atoms. The maximum Gasteiger partial charge on any atom is 0.232 e. The highest BCUT2D eigenvalue weighted by Gasteiger charge is 2.21. The number of anilines is 1. The molecule has 142 valence electrons. The quantitative estimate of drug-likeness (QED) is 0.749. The lowest BCUT2D eigenvalue weighted by Crippen LogP contribution is -2.35. The zero-order chi connectivity index (χ0) is 19.9. The van der Waals surface area contributed by atoms with Crippen molar-refractivity contribution in [1.29, 1.82) is 5.26 Å². The number of nitriles is 1. The first-order valence-electron chi connectivity index (χ1n) is 8.30. The largest absolute Gasteiger partial charge is 0.356 e. The lowest BCUT2D eigenvalue weighted by Gasteiger charge is -2.23. The van der Waals surface area contributed by atoms with Crippen molar-refractivity contribution in [2.24, 2.45) is 0 Å². The number of nitrogens with zero attached hydrogens (tertiary/aromatic N) is 2. The number of hydrogen-bond acceptors (Lipinski definition) is 4. The Balaban J connectivity index is 1.96. The molecule has 27 heavy (non-hydrogen) atoms. The summed E-state index contributed by atoms with van der Waals surface area (Å²) in [6.45, 7) is 0.149. The molecule has 0 aliphatic rings. The van der Waals surface area contributed by atoms with Gasteiger partial charge in [-0.2, -0.15) is 5.26 Å². The molecule has 1 N–H and O–H groups in total. The monoisotopic (exact) mass is 389 g/mol. The van der Waals surface area contributed by atoms with E-state index in [2.05, 4.69) is 5.32 Å². The van der Waals surface area contributed by atoms with Gasteiger partial charge in [0.1, 0.15) is 11.9 Å². The normalized spacial score (nSPS) is 10.9. The van der Waals surface area contributed by atoms with E-state index in [4.69, 9.17) is 0 Å². The SMILES string of the molecule is CS(=O)(=O)N(CCC(=O)NCCc1ccccc1F)c1ccccc1C#N. The summed E-state index contributed by atoms with van der Waals surface area (Å²) >= 11 is 0. The van der Waals surface area contributed by atoms with Gasteiger partial charge in [0.2, 0.25) is 15.9 Å². The molecule has 2 rings (SSSR count). The first-order valence-corrected chi connectivity index (χ1v) is 10.1. The molecule has 0 saturated heterocycles. The van der Waals surface area contributed by atoms with Crippen molar-refractivity contribution in [3.63, 3.8) is 0 Å². The molecular formula is C19H20FN3O3S. The number of para-hydroxylation sites is 1. The number of benzene rings is 2. The van der Waals surface area contributed by atoms with Crippen LogP contribution in [0.15, 0.2) is 48.5 Å². The van der Waals surface area contributed by atoms with E-state index in [1.807, 2.05) is 6.07 Å². The van der Waals surface area contributed by atoms with Gasteiger partial charge < -0.3 is 5.32 Å². The van der Waals surface area contributed by atoms with Crippen molar-refractivity contribution >= 4 is 21.6 Å². The average molecular weight is 389 g/mol. The second-order valence-corrected chi connectivity index (χ2v) is 7.81. The number of carbonyl (C=O) groups is 1. The minimum atomic E-state index is -3.66. The summed E-state index contributed by atoms with van der Waals surface area (Å²) in [4.78, 5) is 12.0. The van der Waals surface area contributed by atoms with Crippen LogP contribution in [0.1, 0.15) is 17.5 Å². The fraction of sp³-hybridized carbons (Fsp3) is 0.263. The Morgan fingerprint density at radius 1 is 1.19 bits per heavy atom. The van der Waals surface area contributed by atoms with E-state index in [-0.39, 0.29) is 42.5 Å². The number of hydrogen-bond donors (Lipinski definition) is 1. The second kappa shape index (κ2) is 9.14. The number of nitrogens with one attached hydrogen (secondary N) is 1. The lowest BCUT2D eigenvalue weighted by molar-refractivity contribution is -0.120. The summed E-state index contributed by atoms with van der Waals surface area (Å²) in [7, 11) is -3.66. The lowest BCUT2D eigenvalue weighted by atomic mass is 10.1. The van der Waals surface area contributed by atoms with Gasteiger partial charge in [-0.1, -0.05) is 30.3 Å². The van der Waals surface area contributed by atoms with E-state index < -0.39 is 10.0 Å². The number of rotatable bonds is 8. The van der Waals surface area contributed by atoms with Gasteiger partial charge in [-0.3, -0.25) is 9.10 Å². The Kier molecular flexibility index (Phi) is 6.91.